The molecule has 2 atom stereocenters. The molecule has 1 unspecified atom stereocenters. The number of pyridine rings is 1. The van der Waals surface area contributed by atoms with E-state index in [-0.39, 0.29) is 11.6 Å². The van der Waals surface area contributed by atoms with Crippen LogP contribution in [-0.4, -0.2) is 50.9 Å². The maximum atomic E-state index is 14.9. The Morgan fingerprint density at radius 1 is 1.43 bits per heavy atom. The minimum Gasteiger partial charge on any atom is -0.480 e. The van der Waals surface area contributed by atoms with Crippen LogP contribution in [0.4, 0.5) is 15.8 Å². The van der Waals surface area contributed by atoms with Gasteiger partial charge in [-0.1, -0.05) is 0 Å². The normalized spacial score (nSPS) is 15.5. The van der Waals surface area contributed by atoms with E-state index in [1.807, 2.05) is 0 Å². The summed E-state index contributed by atoms with van der Waals surface area (Å²) in [7, 11) is 1.06. The van der Waals surface area contributed by atoms with Gasteiger partial charge in [-0.25, -0.2) is 14.0 Å². The van der Waals surface area contributed by atoms with E-state index in [0.717, 1.165) is 20.2 Å². The van der Waals surface area contributed by atoms with Gasteiger partial charge in [0.25, 0.3) is 0 Å². The number of carbonyl (C=O) groups excluding carboxylic acids is 1. The van der Waals surface area contributed by atoms with E-state index in [4.69, 9.17) is 0 Å². The minimum atomic E-state index is -1.74. The number of nitro benzene ring substituents is 1. The molecule has 1 aliphatic carbocycles. The molecule has 160 valence electrons. The fraction of sp³-hybridized carbons (Fsp3) is 0.389. The number of esters is 1. The number of aliphatic hydroxyl groups is 1. The van der Waals surface area contributed by atoms with Crippen LogP contribution in [-0.2, 0) is 9.53 Å². The van der Waals surface area contributed by atoms with Crippen LogP contribution < -0.4 is 10.7 Å². The first-order valence-electron chi connectivity index (χ1n) is 8.89. The smallest absolute Gasteiger partial charge is 0.343 e. The number of benzene rings is 1. The Kier molecular flexibility index (Phi) is 5.44. The van der Waals surface area contributed by atoms with Gasteiger partial charge in [-0.3, -0.25) is 14.9 Å². The molecule has 3 rings (SSSR count). The second-order valence-electron chi connectivity index (χ2n) is 6.94. The van der Waals surface area contributed by atoms with E-state index >= 15 is 0 Å². The second-order valence-corrected chi connectivity index (χ2v) is 6.94. The van der Waals surface area contributed by atoms with Gasteiger partial charge in [-0.2, -0.15) is 0 Å². The molecule has 30 heavy (non-hydrogen) atoms. The van der Waals surface area contributed by atoms with Crippen LogP contribution in [0.5, 0.6) is 0 Å². The fourth-order valence-electron chi connectivity index (χ4n) is 3.22. The van der Waals surface area contributed by atoms with Crippen LogP contribution in [0.1, 0.15) is 36.2 Å². The number of nitrogens with one attached hydrogen (secondary N) is 1. The topological polar surface area (TPSA) is 161 Å². The average Bonchev–Trinajstić information content (AvgIpc) is 3.50. The summed E-state index contributed by atoms with van der Waals surface area (Å²) >= 11 is 0. The number of methoxy groups -OCH3 is 1. The van der Waals surface area contributed by atoms with E-state index in [9.17, 15) is 39.1 Å². The fourth-order valence-corrected chi connectivity index (χ4v) is 3.22. The summed E-state index contributed by atoms with van der Waals surface area (Å²) < 4.78 is 20.8. The van der Waals surface area contributed by atoms with Gasteiger partial charge in [0.15, 0.2) is 17.5 Å². The molecule has 1 fully saturated rings. The first-order chi connectivity index (χ1) is 14.1. The van der Waals surface area contributed by atoms with Crippen LogP contribution in [0.2, 0.25) is 0 Å². The molecule has 1 aliphatic rings. The maximum absolute atomic E-state index is 14.9. The summed E-state index contributed by atoms with van der Waals surface area (Å²) in [6, 6.07) is -1.30. The predicted octanol–water partition coefficient (Wildman–Crippen LogP) is 1.42. The zero-order valence-electron chi connectivity index (χ0n) is 15.9. The van der Waals surface area contributed by atoms with Crippen LogP contribution in [0.25, 0.3) is 10.9 Å². The molecule has 0 saturated heterocycles. The third-order valence-electron chi connectivity index (χ3n) is 4.82. The SMILES string of the molecule is COC(=O)c1cn(C2CC2)c2c([N+](=O)[O-])c(N[C@H](C(=O)O)C(C)O)c(F)cc2c1=O. The molecule has 0 radical (unpaired) electrons. The molecule has 1 heterocycles. The third kappa shape index (κ3) is 3.56. The van der Waals surface area contributed by atoms with Gasteiger partial charge >= 0.3 is 17.6 Å². The average molecular weight is 423 g/mol. The number of anilines is 1. The molecule has 1 aromatic carbocycles. The van der Waals surface area contributed by atoms with E-state index in [1.54, 1.807) is 0 Å². The van der Waals surface area contributed by atoms with E-state index in [2.05, 4.69) is 10.1 Å². The number of nitro groups is 1. The standard InChI is InChI=1S/C18H18FN3O8/c1-7(23)12(17(25)26)20-13-11(19)5-9-14(15(13)22(28)29)21(8-3-4-8)6-10(16(9)24)18(27)30-2/h5-8,12,20,23H,3-4H2,1-2H3,(H,25,26)/t7?,12-/m0/s1. The Labute approximate surface area is 167 Å². The molecular weight excluding hydrogens is 405 g/mol. The number of hydrogen-bond donors (Lipinski definition) is 3. The van der Waals surface area contributed by atoms with Crippen molar-refractivity contribution in [2.45, 2.75) is 38.0 Å². The van der Waals surface area contributed by atoms with Crippen LogP contribution >= 0.6 is 0 Å². The highest BCUT2D eigenvalue weighted by Crippen LogP contribution is 2.42. The number of rotatable bonds is 7. The largest absolute Gasteiger partial charge is 0.480 e. The van der Waals surface area contributed by atoms with Gasteiger partial charge in [0.1, 0.15) is 11.1 Å². The summed E-state index contributed by atoms with van der Waals surface area (Å²) in [5.74, 6) is -3.80. The number of ether oxygens (including phenoxy) is 1. The molecule has 1 aromatic heterocycles. The summed E-state index contributed by atoms with van der Waals surface area (Å²) in [4.78, 5) is 47.0. The summed E-state index contributed by atoms with van der Waals surface area (Å²) in [5.41, 5.74) is -3.25. The van der Waals surface area contributed by atoms with Gasteiger partial charge < -0.3 is 24.8 Å². The number of fused-ring (bicyclic) bond motifs is 1. The number of carboxylic acids is 1. The lowest BCUT2D eigenvalue weighted by Crippen LogP contribution is -2.39. The molecule has 1 saturated carbocycles. The van der Waals surface area contributed by atoms with Crippen LogP contribution in [0.3, 0.4) is 0 Å². The molecule has 3 N–H and O–H groups in total. The van der Waals surface area contributed by atoms with Crippen molar-refractivity contribution in [3.05, 3.63) is 44.0 Å². The number of aliphatic hydroxyl groups excluding tert-OH is 1. The molecule has 11 nitrogen and oxygen atoms in total. The van der Waals surface area contributed by atoms with Crippen molar-refractivity contribution in [3.8, 4) is 0 Å². The van der Waals surface area contributed by atoms with Gasteiger partial charge in [-0.15, -0.1) is 0 Å². The predicted molar refractivity (Wildman–Crippen MR) is 101 cm³/mol. The molecule has 0 aliphatic heterocycles. The highest BCUT2D eigenvalue weighted by Gasteiger charge is 2.35. The van der Waals surface area contributed by atoms with Crippen LogP contribution in [0.15, 0.2) is 17.1 Å². The Balaban J connectivity index is 2.40. The van der Waals surface area contributed by atoms with Gasteiger partial charge in [0, 0.05) is 12.2 Å². The molecule has 0 amide bonds. The lowest BCUT2D eigenvalue weighted by molar-refractivity contribution is -0.382. The van der Waals surface area contributed by atoms with Crippen molar-refractivity contribution in [1.29, 1.82) is 0 Å². The molecular formula is C18H18FN3O8. The molecule has 2 aromatic rings. The summed E-state index contributed by atoms with van der Waals surface area (Å²) in [6.07, 6.45) is 0.846. The van der Waals surface area contributed by atoms with Crippen molar-refractivity contribution < 1.29 is 33.9 Å². The highest BCUT2D eigenvalue weighted by atomic mass is 19.1. The number of nitrogens with zero attached hydrogens (tertiary/aromatic N) is 2. The Bertz CT molecular complexity index is 1120. The van der Waals surface area contributed by atoms with E-state index in [1.165, 1.54) is 4.57 Å². The Morgan fingerprint density at radius 3 is 2.53 bits per heavy atom. The number of halogens is 1. The highest BCUT2D eigenvalue weighted by molar-refractivity contribution is 5.99. The number of hydrogen-bond acceptors (Lipinski definition) is 8. The maximum Gasteiger partial charge on any atom is 0.343 e. The van der Waals surface area contributed by atoms with Crippen LogP contribution in [0, 0.1) is 15.9 Å². The van der Waals surface area contributed by atoms with Crippen molar-refractivity contribution >= 4 is 34.2 Å². The number of carboxylic acid groups (broad SMARTS) is 1. The summed E-state index contributed by atoms with van der Waals surface area (Å²) in [5, 5.41) is 32.5. The lowest BCUT2D eigenvalue weighted by Gasteiger charge is -2.20. The Morgan fingerprint density at radius 2 is 2.07 bits per heavy atom. The first kappa shape index (κ1) is 21.2. The van der Waals surface area contributed by atoms with Crippen molar-refractivity contribution in [1.82, 2.24) is 4.57 Å². The van der Waals surface area contributed by atoms with Gasteiger partial charge in [0.05, 0.1) is 23.5 Å². The monoisotopic (exact) mass is 423 g/mol. The zero-order valence-corrected chi connectivity index (χ0v) is 15.9. The Hall–Kier alpha value is -3.54. The first-order valence-corrected chi connectivity index (χ1v) is 8.89. The summed E-state index contributed by atoms with van der Waals surface area (Å²) in [6.45, 7) is 1.12. The number of carbonyl (C=O) groups is 2. The van der Waals surface area contributed by atoms with E-state index in [0.29, 0.717) is 18.9 Å². The molecule has 0 spiro atoms. The van der Waals surface area contributed by atoms with Crippen molar-refractivity contribution in [3.63, 3.8) is 0 Å². The quantitative estimate of drug-likeness (QED) is 0.340. The van der Waals surface area contributed by atoms with E-state index < -0.39 is 62.6 Å². The molecule has 0 bridgehead atoms. The lowest BCUT2D eigenvalue weighted by atomic mass is 10.1. The van der Waals surface area contributed by atoms with Gasteiger partial charge in [-0.05, 0) is 25.8 Å². The third-order valence-corrected chi connectivity index (χ3v) is 4.82. The van der Waals surface area contributed by atoms with Gasteiger partial charge in [0.2, 0.25) is 5.43 Å². The number of aromatic nitrogens is 1. The number of aliphatic carboxylic acids is 1. The van der Waals surface area contributed by atoms with Crippen molar-refractivity contribution in [2.24, 2.45) is 0 Å². The molecule has 12 heteroatoms. The second kappa shape index (κ2) is 7.71. The zero-order chi connectivity index (χ0) is 22.3. The van der Waals surface area contributed by atoms with Crippen molar-refractivity contribution in [2.75, 3.05) is 12.4 Å². The minimum absolute atomic E-state index is 0.251.